The largest absolute Gasteiger partial charge is 0.339 e. The van der Waals surface area contributed by atoms with Crippen LogP contribution in [-0.4, -0.2) is 68.3 Å². The molecule has 0 bridgehead atoms. The zero-order valence-electron chi connectivity index (χ0n) is 13.6. The van der Waals surface area contributed by atoms with E-state index in [-0.39, 0.29) is 11.2 Å². The molecule has 0 N–H and O–H groups in total. The fourth-order valence-electron chi connectivity index (χ4n) is 2.73. The van der Waals surface area contributed by atoms with Crippen LogP contribution >= 0.6 is 35.0 Å². The van der Waals surface area contributed by atoms with Crippen LogP contribution in [0.1, 0.15) is 13.8 Å². The smallest absolute Gasteiger partial charge is 0.235 e. The first-order valence-electron chi connectivity index (χ1n) is 7.87. The maximum atomic E-state index is 12.7. The average molecular weight is 388 g/mol. The lowest BCUT2D eigenvalue weighted by Gasteiger charge is -2.35. The van der Waals surface area contributed by atoms with Crippen molar-refractivity contribution in [3.05, 3.63) is 22.3 Å². The van der Waals surface area contributed by atoms with Crippen molar-refractivity contribution in [2.75, 3.05) is 32.7 Å². The molecule has 3 heterocycles. The van der Waals surface area contributed by atoms with Gasteiger partial charge >= 0.3 is 0 Å². The van der Waals surface area contributed by atoms with E-state index in [0.29, 0.717) is 20.8 Å². The Labute approximate surface area is 155 Å². The Kier molecular flexibility index (Phi) is 5.54. The number of hydrogen-bond acceptors (Lipinski definition) is 5. The molecule has 1 unspecified atom stereocenters. The average Bonchev–Trinajstić information content (AvgIpc) is 2.97. The van der Waals surface area contributed by atoms with Gasteiger partial charge in [-0.25, -0.2) is 0 Å². The van der Waals surface area contributed by atoms with Crippen molar-refractivity contribution in [3.63, 3.8) is 0 Å². The SMILES string of the molecule is CCN1CCN(C(=O)C(C)Sc2nnc3c(Cl)cc(Cl)cn23)CC1. The molecule has 0 spiro atoms. The van der Waals surface area contributed by atoms with Crippen LogP contribution in [0.5, 0.6) is 0 Å². The van der Waals surface area contributed by atoms with Gasteiger partial charge in [-0.3, -0.25) is 9.20 Å². The summed E-state index contributed by atoms with van der Waals surface area (Å²) in [6.45, 7) is 8.47. The monoisotopic (exact) mass is 387 g/mol. The third-order valence-electron chi connectivity index (χ3n) is 4.16. The summed E-state index contributed by atoms with van der Waals surface area (Å²) >= 11 is 13.6. The molecule has 2 aromatic heterocycles. The van der Waals surface area contributed by atoms with E-state index in [1.54, 1.807) is 16.7 Å². The third kappa shape index (κ3) is 3.64. The Morgan fingerprint density at radius 2 is 2.00 bits per heavy atom. The van der Waals surface area contributed by atoms with Gasteiger partial charge in [-0.15, -0.1) is 10.2 Å². The second kappa shape index (κ2) is 7.47. The Morgan fingerprint density at radius 3 is 2.67 bits per heavy atom. The van der Waals surface area contributed by atoms with Gasteiger partial charge in [0.25, 0.3) is 0 Å². The number of likely N-dealkylation sites (N-methyl/N-ethyl adjacent to an activating group) is 1. The Hall–Kier alpha value is -1.02. The molecule has 0 aromatic carbocycles. The van der Waals surface area contributed by atoms with Crippen molar-refractivity contribution in [2.24, 2.45) is 0 Å². The van der Waals surface area contributed by atoms with Gasteiger partial charge < -0.3 is 9.80 Å². The molecule has 1 aliphatic rings. The molecule has 1 saturated heterocycles. The summed E-state index contributed by atoms with van der Waals surface area (Å²) in [6.07, 6.45) is 1.71. The highest BCUT2D eigenvalue weighted by Gasteiger charge is 2.26. The summed E-state index contributed by atoms with van der Waals surface area (Å²) in [7, 11) is 0. The number of carbonyl (C=O) groups is 1. The van der Waals surface area contributed by atoms with Crippen LogP contribution in [0.3, 0.4) is 0 Å². The molecule has 1 amide bonds. The molecule has 0 aliphatic carbocycles. The van der Waals surface area contributed by atoms with Gasteiger partial charge in [0.15, 0.2) is 10.8 Å². The van der Waals surface area contributed by atoms with E-state index in [1.807, 2.05) is 11.8 Å². The highest BCUT2D eigenvalue weighted by molar-refractivity contribution is 8.00. The van der Waals surface area contributed by atoms with Gasteiger partial charge in [0.05, 0.1) is 15.3 Å². The van der Waals surface area contributed by atoms with E-state index in [4.69, 9.17) is 23.2 Å². The minimum atomic E-state index is -0.247. The fraction of sp³-hybridized carbons (Fsp3) is 0.533. The molecule has 9 heteroatoms. The van der Waals surface area contributed by atoms with E-state index in [2.05, 4.69) is 22.0 Å². The van der Waals surface area contributed by atoms with Crippen LogP contribution < -0.4 is 0 Å². The van der Waals surface area contributed by atoms with E-state index < -0.39 is 0 Å². The van der Waals surface area contributed by atoms with E-state index in [9.17, 15) is 4.79 Å². The van der Waals surface area contributed by atoms with Crippen molar-refractivity contribution < 1.29 is 4.79 Å². The predicted molar refractivity (Wildman–Crippen MR) is 97.0 cm³/mol. The number of amides is 1. The number of carbonyl (C=O) groups excluding carboxylic acids is 1. The third-order valence-corrected chi connectivity index (χ3v) is 5.69. The zero-order chi connectivity index (χ0) is 17.3. The van der Waals surface area contributed by atoms with Crippen LogP contribution in [-0.2, 0) is 4.79 Å². The highest BCUT2D eigenvalue weighted by Crippen LogP contribution is 2.28. The van der Waals surface area contributed by atoms with Crippen molar-refractivity contribution >= 4 is 46.5 Å². The second-order valence-electron chi connectivity index (χ2n) is 5.70. The normalized spacial score (nSPS) is 17.4. The highest BCUT2D eigenvalue weighted by atomic mass is 35.5. The molecule has 6 nitrogen and oxygen atoms in total. The standard InChI is InChI=1S/C15H19Cl2N5OS/c1-3-20-4-6-21(7-5-20)14(23)10(2)24-15-19-18-13-12(17)8-11(16)9-22(13)15/h8-10H,3-7H2,1-2H3. The lowest BCUT2D eigenvalue weighted by Crippen LogP contribution is -2.50. The van der Waals surface area contributed by atoms with Gasteiger partial charge in [-0.2, -0.15) is 0 Å². The van der Waals surface area contributed by atoms with E-state index >= 15 is 0 Å². The molecule has 2 aromatic rings. The number of pyridine rings is 1. The first kappa shape index (κ1) is 17.8. The maximum absolute atomic E-state index is 12.7. The lowest BCUT2D eigenvalue weighted by atomic mass is 10.3. The molecular formula is C15H19Cl2N5OS. The molecule has 3 rings (SSSR count). The fourth-order valence-corrected chi connectivity index (χ4v) is 4.15. The summed E-state index contributed by atoms with van der Waals surface area (Å²) < 4.78 is 1.73. The molecule has 0 radical (unpaired) electrons. The minimum Gasteiger partial charge on any atom is -0.339 e. The van der Waals surface area contributed by atoms with Gasteiger partial charge in [-0.1, -0.05) is 41.9 Å². The number of fused-ring (bicyclic) bond motifs is 1. The number of halogens is 2. The Balaban J connectivity index is 1.71. The van der Waals surface area contributed by atoms with Crippen LogP contribution in [0.4, 0.5) is 0 Å². The molecule has 1 fully saturated rings. The number of nitrogens with zero attached hydrogens (tertiary/aromatic N) is 5. The minimum absolute atomic E-state index is 0.126. The Morgan fingerprint density at radius 1 is 1.29 bits per heavy atom. The van der Waals surface area contributed by atoms with Gasteiger partial charge in [0, 0.05) is 32.4 Å². The van der Waals surface area contributed by atoms with Crippen LogP contribution in [0.15, 0.2) is 17.4 Å². The van der Waals surface area contributed by atoms with Crippen molar-refractivity contribution in [1.82, 2.24) is 24.4 Å². The summed E-state index contributed by atoms with van der Waals surface area (Å²) in [6, 6.07) is 1.63. The quantitative estimate of drug-likeness (QED) is 0.754. The number of hydrogen-bond donors (Lipinski definition) is 0. The van der Waals surface area contributed by atoms with Gasteiger partial charge in [-0.05, 0) is 19.5 Å². The maximum Gasteiger partial charge on any atom is 0.235 e. The molecular weight excluding hydrogens is 369 g/mol. The first-order chi connectivity index (χ1) is 11.5. The van der Waals surface area contributed by atoms with Gasteiger partial charge in [0.2, 0.25) is 5.91 Å². The van der Waals surface area contributed by atoms with Crippen LogP contribution in [0.25, 0.3) is 5.65 Å². The summed E-state index contributed by atoms with van der Waals surface area (Å²) in [4.78, 5) is 16.9. The van der Waals surface area contributed by atoms with Gasteiger partial charge in [0.1, 0.15) is 0 Å². The Bertz CT molecular complexity index is 745. The number of piperazine rings is 1. The number of rotatable bonds is 4. The van der Waals surface area contributed by atoms with Crippen molar-refractivity contribution in [1.29, 1.82) is 0 Å². The van der Waals surface area contributed by atoms with Crippen molar-refractivity contribution in [3.8, 4) is 0 Å². The summed E-state index contributed by atoms with van der Waals surface area (Å²) in [5.41, 5.74) is 0.541. The lowest BCUT2D eigenvalue weighted by molar-refractivity contribution is -0.132. The summed E-state index contributed by atoms with van der Waals surface area (Å²) in [5, 5.41) is 9.53. The first-order valence-corrected chi connectivity index (χ1v) is 9.50. The molecule has 1 atom stereocenters. The molecule has 1 aliphatic heterocycles. The van der Waals surface area contributed by atoms with E-state index in [0.717, 1.165) is 32.7 Å². The topological polar surface area (TPSA) is 53.7 Å². The molecule has 0 saturated carbocycles. The van der Waals surface area contributed by atoms with Crippen LogP contribution in [0, 0.1) is 0 Å². The number of aromatic nitrogens is 3. The summed E-state index contributed by atoms with van der Waals surface area (Å²) in [5.74, 6) is 0.126. The number of thioether (sulfide) groups is 1. The zero-order valence-corrected chi connectivity index (χ0v) is 15.9. The van der Waals surface area contributed by atoms with Crippen LogP contribution in [0.2, 0.25) is 10.0 Å². The predicted octanol–water partition coefficient (Wildman–Crippen LogP) is 2.68. The molecule has 130 valence electrons. The second-order valence-corrected chi connectivity index (χ2v) is 7.85. The van der Waals surface area contributed by atoms with E-state index in [1.165, 1.54) is 11.8 Å². The van der Waals surface area contributed by atoms with Crippen molar-refractivity contribution in [2.45, 2.75) is 24.3 Å². The molecule has 24 heavy (non-hydrogen) atoms.